The molecule has 3 aromatic heterocycles. The van der Waals surface area contributed by atoms with Crippen molar-refractivity contribution >= 4 is 20.9 Å². The predicted octanol–water partition coefficient (Wildman–Crippen LogP) is 4.60. The van der Waals surface area contributed by atoms with E-state index in [0.717, 1.165) is 36.5 Å². The lowest BCUT2D eigenvalue weighted by Gasteiger charge is -2.17. The Labute approximate surface area is 205 Å². The highest BCUT2D eigenvalue weighted by atomic mass is 32.2. The molecule has 0 aliphatic heterocycles. The van der Waals surface area contributed by atoms with E-state index in [1.54, 1.807) is 0 Å². The third-order valence-corrected chi connectivity index (χ3v) is 6.80. The SMILES string of the molecule is C[C@H](NS(=O)(=O)c1ccc(-c2c(C#N)c3cc(C(F)(F)F)ccc3n2-c2ncccn2)nc1)C(F)(F)F. The van der Waals surface area contributed by atoms with Crippen LogP contribution in [0.3, 0.4) is 0 Å². The highest BCUT2D eigenvalue weighted by Crippen LogP contribution is 2.38. The Morgan fingerprint density at radius 1 is 1.03 bits per heavy atom. The van der Waals surface area contributed by atoms with E-state index in [1.807, 2.05) is 6.07 Å². The molecule has 37 heavy (non-hydrogen) atoms. The van der Waals surface area contributed by atoms with Gasteiger partial charge in [-0.3, -0.25) is 9.55 Å². The summed E-state index contributed by atoms with van der Waals surface area (Å²) in [6.45, 7) is 0.631. The third-order valence-electron chi connectivity index (χ3n) is 5.27. The maximum absolute atomic E-state index is 13.4. The van der Waals surface area contributed by atoms with E-state index in [4.69, 9.17) is 0 Å². The maximum atomic E-state index is 13.4. The zero-order valence-electron chi connectivity index (χ0n) is 18.5. The molecule has 1 aromatic carbocycles. The van der Waals surface area contributed by atoms with E-state index in [0.29, 0.717) is 6.92 Å². The van der Waals surface area contributed by atoms with Crippen LogP contribution in [-0.4, -0.2) is 40.2 Å². The number of aromatic nitrogens is 4. The minimum absolute atomic E-state index is 0.0112. The Bertz CT molecular complexity index is 1610. The van der Waals surface area contributed by atoms with Gasteiger partial charge in [0.1, 0.15) is 17.0 Å². The molecular weight excluding hydrogens is 526 g/mol. The summed E-state index contributed by atoms with van der Waals surface area (Å²) in [4.78, 5) is 11.6. The predicted molar refractivity (Wildman–Crippen MR) is 118 cm³/mol. The van der Waals surface area contributed by atoms with E-state index >= 15 is 0 Å². The number of nitrogens with zero attached hydrogens (tertiary/aromatic N) is 5. The summed E-state index contributed by atoms with van der Waals surface area (Å²) in [5, 5.41) is 9.78. The molecular formula is C22H14F6N6O2S. The molecule has 8 nitrogen and oxygen atoms in total. The number of hydrogen-bond acceptors (Lipinski definition) is 6. The van der Waals surface area contributed by atoms with Gasteiger partial charge in [-0.25, -0.2) is 18.4 Å². The van der Waals surface area contributed by atoms with Crippen LogP contribution in [0.15, 0.2) is 59.9 Å². The lowest BCUT2D eigenvalue weighted by molar-refractivity contribution is -0.147. The van der Waals surface area contributed by atoms with Crippen molar-refractivity contribution in [1.29, 1.82) is 5.26 Å². The molecule has 0 aliphatic rings. The summed E-state index contributed by atoms with van der Waals surface area (Å²) in [5.74, 6) is -0.0112. The number of rotatable bonds is 5. The Morgan fingerprint density at radius 2 is 1.70 bits per heavy atom. The number of halogens is 6. The lowest BCUT2D eigenvalue weighted by Crippen LogP contribution is -2.42. The molecule has 4 rings (SSSR count). The monoisotopic (exact) mass is 540 g/mol. The second-order valence-electron chi connectivity index (χ2n) is 7.71. The smallest absolute Gasteiger partial charge is 0.275 e. The average Bonchev–Trinajstić information content (AvgIpc) is 3.17. The van der Waals surface area contributed by atoms with Gasteiger partial charge >= 0.3 is 12.4 Å². The number of alkyl halides is 6. The molecule has 0 spiro atoms. The number of sulfonamides is 1. The second kappa shape index (κ2) is 9.12. The molecule has 1 N–H and O–H groups in total. The topological polar surface area (TPSA) is 114 Å². The fraction of sp³-hybridized carbons (Fsp3) is 0.182. The first-order chi connectivity index (χ1) is 17.2. The van der Waals surface area contributed by atoms with Crippen LogP contribution < -0.4 is 4.72 Å². The van der Waals surface area contributed by atoms with Crippen molar-refractivity contribution in [3.05, 3.63) is 66.1 Å². The highest BCUT2D eigenvalue weighted by Gasteiger charge is 2.39. The second-order valence-corrected chi connectivity index (χ2v) is 9.43. The Kier molecular flexibility index (Phi) is 6.42. The van der Waals surface area contributed by atoms with Gasteiger partial charge in [0.25, 0.3) is 0 Å². The third kappa shape index (κ3) is 4.98. The fourth-order valence-corrected chi connectivity index (χ4v) is 4.66. The first kappa shape index (κ1) is 26.0. The number of nitrogens with one attached hydrogen (secondary N) is 1. The van der Waals surface area contributed by atoms with Crippen LogP contribution in [0.25, 0.3) is 28.2 Å². The van der Waals surface area contributed by atoms with Crippen molar-refractivity contribution in [1.82, 2.24) is 24.2 Å². The fourth-order valence-electron chi connectivity index (χ4n) is 3.48. The summed E-state index contributed by atoms with van der Waals surface area (Å²) in [7, 11) is -4.62. The van der Waals surface area contributed by atoms with E-state index in [1.165, 1.54) is 27.7 Å². The number of pyridine rings is 1. The molecule has 0 radical (unpaired) electrons. The van der Waals surface area contributed by atoms with Crippen LogP contribution in [-0.2, 0) is 16.2 Å². The van der Waals surface area contributed by atoms with Crippen LogP contribution in [0.4, 0.5) is 26.3 Å². The summed E-state index contributed by atoms with van der Waals surface area (Å²) >= 11 is 0. The van der Waals surface area contributed by atoms with Crippen LogP contribution in [0.5, 0.6) is 0 Å². The van der Waals surface area contributed by atoms with E-state index in [9.17, 15) is 40.0 Å². The number of hydrogen-bond donors (Lipinski definition) is 1. The molecule has 0 unspecified atom stereocenters. The normalized spacial score (nSPS) is 13.5. The van der Waals surface area contributed by atoms with E-state index in [2.05, 4.69) is 15.0 Å². The summed E-state index contributed by atoms with van der Waals surface area (Å²) in [5.41, 5.74) is -1.18. The highest BCUT2D eigenvalue weighted by molar-refractivity contribution is 7.89. The van der Waals surface area contributed by atoms with Gasteiger partial charge in [-0.15, -0.1) is 0 Å². The summed E-state index contributed by atoms with van der Waals surface area (Å²) in [6.07, 6.45) is -6.01. The lowest BCUT2D eigenvalue weighted by atomic mass is 10.1. The summed E-state index contributed by atoms with van der Waals surface area (Å²) in [6, 6.07) is 5.81. The van der Waals surface area contributed by atoms with Crippen molar-refractivity contribution in [3.63, 3.8) is 0 Å². The number of nitriles is 1. The van der Waals surface area contributed by atoms with Gasteiger partial charge in [-0.1, -0.05) is 0 Å². The Hall–Kier alpha value is -4.03. The zero-order chi connectivity index (χ0) is 27.2. The quantitative estimate of drug-likeness (QED) is 0.370. The van der Waals surface area contributed by atoms with Gasteiger partial charge in [0.2, 0.25) is 16.0 Å². The molecule has 4 aromatic rings. The molecule has 15 heteroatoms. The van der Waals surface area contributed by atoms with Crippen molar-refractivity contribution in [3.8, 4) is 23.4 Å². The molecule has 0 bridgehead atoms. The first-order valence-electron chi connectivity index (χ1n) is 10.2. The van der Waals surface area contributed by atoms with Crippen molar-refractivity contribution in [2.45, 2.75) is 30.2 Å². The van der Waals surface area contributed by atoms with Gasteiger partial charge < -0.3 is 0 Å². The minimum atomic E-state index is -4.83. The molecule has 0 aliphatic carbocycles. The molecule has 0 amide bonds. The van der Waals surface area contributed by atoms with Crippen molar-refractivity contribution < 1.29 is 34.8 Å². The van der Waals surface area contributed by atoms with Gasteiger partial charge in [-0.05, 0) is 43.3 Å². The Morgan fingerprint density at radius 3 is 2.24 bits per heavy atom. The number of fused-ring (bicyclic) bond motifs is 1. The molecule has 192 valence electrons. The minimum Gasteiger partial charge on any atom is -0.275 e. The Balaban J connectivity index is 1.91. The van der Waals surface area contributed by atoms with Crippen molar-refractivity contribution in [2.75, 3.05) is 0 Å². The van der Waals surface area contributed by atoms with Gasteiger partial charge in [-0.2, -0.15) is 36.3 Å². The molecule has 1 atom stereocenters. The van der Waals surface area contributed by atoms with Gasteiger partial charge in [0, 0.05) is 24.0 Å². The maximum Gasteiger partial charge on any atom is 0.416 e. The van der Waals surface area contributed by atoms with Gasteiger partial charge in [0.15, 0.2) is 0 Å². The zero-order valence-corrected chi connectivity index (χ0v) is 19.3. The van der Waals surface area contributed by atoms with Crippen LogP contribution in [0.2, 0.25) is 0 Å². The number of benzene rings is 1. The van der Waals surface area contributed by atoms with Crippen LogP contribution >= 0.6 is 0 Å². The molecule has 0 fully saturated rings. The summed E-state index contributed by atoms with van der Waals surface area (Å²) < 4.78 is 106. The first-order valence-corrected chi connectivity index (χ1v) is 11.7. The average molecular weight is 540 g/mol. The van der Waals surface area contributed by atoms with E-state index in [-0.39, 0.29) is 33.8 Å². The van der Waals surface area contributed by atoms with Crippen molar-refractivity contribution in [2.24, 2.45) is 0 Å². The molecule has 0 saturated heterocycles. The standard InChI is InChI=1S/C22H14F6N6O2S/c1-12(21(23,24)25)33-37(35,36)14-4-5-17(32-11-14)19-16(10-29)15-9-13(22(26,27)28)3-6-18(15)34(19)20-30-7-2-8-31-20/h2-9,11-12,33H,1H3/t12-/m0/s1. The molecule has 0 saturated carbocycles. The largest absolute Gasteiger partial charge is 0.416 e. The van der Waals surface area contributed by atoms with Crippen LogP contribution in [0, 0.1) is 11.3 Å². The van der Waals surface area contributed by atoms with E-state index < -0.39 is 38.9 Å². The van der Waals surface area contributed by atoms with Gasteiger partial charge in [0.05, 0.1) is 28.0 Å². The van der Waals surface area contributed by atoms with Crippen LogP contribution in [0.1, 0.15) is 18.1 Å². The molecule has 3 heterocycles.